The van der Waals surface area contributed by atoms with Crippen LogP contribution < -0.4 is 9.47 Å². The van der Waals surface area contributed by atoms with Crippen LogP contribution in [0.25, 0.3) is 0 Å². The molecule has 0 fully saturated rings. The summed E-state index contributed by atoms with van der Waals surface area (Å²) in [6.07, 6.45) is -0.854. The molecule has 21 heavy (non-hydrogen) atoms. The number of benzene rings is 2. The summed E-state index contributed by atoms with van der Waals surface area (Å²) in [5.41, 5.74) is 1.34. The lowest BCUT2D eigenvalue weighted by atomic mass is 10.0. The van der Waals surface area contributed by atoms with Crippen LogP contribution in [0.15, 0.2) is 34.8 Å². The predicted octanol–water partition coefficient (Wildman–Crippen LogP) is 4.81. The average molecular weight is 484 g/mol. The van der Waals surface area contributed by atoms with Gasteiger partial charge in [0.2, 0.25) is 0 Å². The van der Waals surface area contributed by atoms with Crippen LogP contribution >= 0.6 is 50.1 Å². The Morgan fingerprint density at radius 1 is 1.14 bits per heavy atom. The minimum Gasteiger partial charge on any atom is -0.495 e. The highest BCUT2D eigenvalue weighted by atomic mass is 127. The third-order valence-corrected chi connectivity index (χ3v) is 4.81. The van der Waals surface area contributed by atoms with Gasteiger partial charge in [-0.1, -0.05) is 27.5 Å². The molecule has 0 aliphatic carbocycles. The lowest BCUT2D eigenvalue weighted by Crippen LogP contribution is -2.05. The summed E-state index contributed by atoms with van der Waals surface area (Å²) in [6.45, 7) is 0. The quantitative estimate of drug-likeness (QED) is 0.635. The molecular weight excluding hydrogens is 470 g/mol. The first-order valence-corrected chi connectivity index (χ1v) is 8.28. The van der Waals surface area contributed by atoms with E-state index in [4.69, 9.17) is 21.1 Å². The number of hydrogen-bond acceptors (Lipinski definition) is 3. The highest BCUT2D eigenvalue weighted by molar-refractivity contribution is 14.1. The van der Waals surface area contributed by atoms with Gasteiger partial charge >= 0.3 is 0 Å². The predicted molar refractivity (Wildman–Crippen MR) is 95.5 cm³/mol. The van der Waals surface area contributed by atoms with Gasteiger partial charge in [0.25, 0.3) is 0 Å². The molecule has 0 aliphatic rings. The molecule has 0 saturated heterocycles. The van der Waals surface area contributed by atoms with Crippen molar-refractivity contribution in [2.45, 2.75) is 6.10 Å². The lowest BCUT2D eigenvalue weighted by molar-refractivity contribution is 0.213. The van der Waals surface area contributed by atoms with Crippen LogP contribution in [-0.2, 0) is 0 Å². The van der Waals surface area contributed by atoms with Crippen LogP contribution in [0.5, 0.6) is 11.5 Å². The first-order valence-electron chi connectivity index (χ1n) is 6.03. The number of aliphatic hydroxyl groups is 1. The van der Waals surface area contributed by atoms with Gasteiger partial charge in [0.15, 0.2) is 0 Å². The van der Waals surface area contributed by atoms with Crippen molar-refractivity contribution in [3.63, 3.8) is 0 Å². The van der Waals surface area contributed by atoms with Crippen LogP contribution in [0.3, 0.4) is 0 Å². The molecule has 0 saturated carbocycles. The fraction of sp³-hybridized carbons (Fsp3) is 0.200. The van der Waals surface area contributed by atoms with Crippen molar-refractivity contribution in [1.82, 2.24) is 0 Å². The number of ether oxygens (including phenoxy) is 2. The zero-order valence-corrected chi connectivity index (χ0v) is 15.9. The molecule has 1 N–H and O–H groups in total. The standard InChI is InChI=1S/C15H13BrClIO3/c1-20-12-6-4-9(15(21-2)13(12)17)14(19)10-7-8(18)3-5-11(10)16/h3-7,14,19H,1-2H3. The Hall–Kier alpha value is -0.500. The molecule has 0 bridgehead atoms. The van der Waals surface area contributed by atoms with E-state index in [9.17, 15) is 5.11 Å². The summed E-state index contributed by atoms with van der Waals surface area (Å²) in [4.78, 5) is 0. The molecule has 0 aliphatic heterocycles. The van der Waals surface area contributed by atoms with Crippen molar-refractivity contribution in [3.05, 3.63) is 54.5 Å². The maximum Gasteiger partial charge on any atom is 0.147 e. The Kier molecular flexibility index (Phi) is 5.76. The summed E-state index contributed by atoms with van der Waals surface area (Å²) in [6, 6.07) is 9.23. The Morgan fingerprint density at radius 2 is 1.86 bits per heavy atom. The number of hydrogen-bond donors (Lipinski definition) is 1. The van der Waals surface area contributed by atoms with E-state index in [2.05, 4.69) is 38.5 Å². The van der Waals surface area contributed by atoms with E-state index in [1.807, 2.05) is 18.2 Å². The highest BCUT2D eigenvalue weighted by Crippen LogP contribution is 2.42. The minimum atomic E-state index is -0.854. The summed E-state index contributed by atoms with van der Waals surface area (Å²) in [7, 11) is 3.05. The Labute approximate surface area is 150 Å². The molecule has 3 nitrogen and oxygen atoms in total. The van der Waals surface area contributed by atoms with Gasteiger partial charge in [-0.05, 0) is 52.9 Å². The van der Waals surface area contributed by atoms with E-state index < -0.39 is 6.10 Å². The van der Waals surface area contributed by atoms with Crippen LogP contribution in [-0.4, -0.2) is 19.3 Å². The van der Waals surface area contributed by atoms with Gasteiger partial charge in [0, 0.05) is 19.2 Å². The van der Waals surface area contributed by atoms with Crippen molar-refractivity contribution in [3.8, 4) is 11.5 Å². The summed E-state index contributed by atoms with van der Waals surface area (Å²) >= 11 is 11.9. The Balaban J connectivity index is 2.55. The Morgan fingerprint density at radius 3 is 2.48 bits per heavy atom. The van der Waals surface area contributed by atoms with Crippen LogP contribution in [0.1, 0.15) is 17.2 Å². The summed E-state index contributed by atoms with van der Waals surface area (Å²) < 4.78 is 12.4. The van der Waals surface area contributed by atoms with E-state index in [1.54, 1.807) is 12.1 Å². The molecule has 112 valence electrons. The third-order valence-electron chi connectivity index (χ3n) is 3.06. The summed E-state index contributed by atoms with van der Waals surface area (Å²) in [5.74, 6) is 0.917. The van der Waals surface area contributed by atoms with Gasteiger partial charge in [-0.15, -0.1) is 0 Å². The van der Waals surface area contributed by atoms with E-state index in [0.717, 1.165) is 13.6 Å². The summed E-state index contributed by atoms with van der Waals surface area (Å²) in [5, 5.41) is 11.0. The molecule has 0 heterocycles. The van der Waals surface area contributed by atoms with Gasteiger partial charge in [-0.2, -0.15) is 0 Å². The monoisotopic (exact) mass is 482 g/mol. The first kappa shape index (κ1) is 16.9. The smallest absolute Gasteiger partial charge is 0.147 e. The van der Waals surface area contributed by atoms with E-state index in [-0.39, 0.29) is 0 Å². The first-order chi connectivity index (χ1) is 9.99. The minimum absolute atomic E-state index is 0.346. The molecule has 1 unspecified atom stereocenters. The molecule has 2 aromatic carbocycles. The molecule has 0 amide bonds. The van der Waals surface area contributed by atoms with Gasteiger partial charge in [0.05, 0.1) is 14.2 Å². The van der Waals surface area contributed by atoms with Gasteiger partial charge < -0.3 is 14.6 Å². The second-order valence-electron chi connectivity index (χ2n) is 4.27. The zero-order chi connectivity index (χ0) is 15.6. The zero-order valence-electron chi connectivity index (χ0n) is 11.4. The molecule has 1 atom stereocenters. The number of aliphatic hydroxyl groups excluding tert-OH is 1. The second-order valence-corrected chi connectivity index (χ2v) is 6.75. The largest absolute Gasteiger partial charge is 0.495 e. The lowest BCUT2D eigenvalue weighted by Gasteiger charge is -2.19. The topological polar surface area (TPSA) is 38.7 Å². The van der Waals surface area contributed by atoms with E-state index >= 15 is 0 Å². The van der Waals surface area contributed by atoms with Crippen molar-refractivity contribution < 1.29 is 14.6 Å². The van der Waals surface area contributed by atoms with Gasteiger partial charge in [0.1, 0.15) is 22.6 Å². The third kappa shape index (κ3) is 3.47. The van der Waals surface area contributed by atoms with Crippen LogP contribution in [0, 0.1) is 3.57 Å². The van der Waals surface area contributed by atoms with E-state index in [0.29, 0.717) is 22.1 Å². The molecule has 2 aromatic rings. The van der Waals surface area contributed by atoms with Crippen molar-refractivity contribution >= 4 is 50.1 Å². The molecule has 0 spiro atoms. The van der Waals surface area contributed by atoms with Crippen LogP contribution in [0.4, 0.5) is 0 Å². The molecular formula is C15H13BrClIO3. The van der Waals surface area contributed by atoms with Gasteiger partial charge in [-0.3, -0.25) is 0 Å². The Bertz CT molecular complexity index is 664. The molecule has 0 aromatic heterocycles. The molecule has 6 heteroatoms. The van der Waals surface area contributed by atoms with Crippen molar-refractivity contribution in [1.29, 1.82) is 0 Å². The SMILES string of the molecule is COc1ccc(C(O)c2cc(I)ccc2Br)c(OC)c1Cl. The maximum absolute atomic E-state index is 10.7. The molecule has 2 rings (SSSR count). The highest BCUT2D eigenvalue weighted by Gasteiger charge is 2.22. The van der Waals surface area contributed by atoms with Gasteiger partial charge in [-0.25, -0.2) is 0 Å². The fourth-order valence-electron chi connectivity index (χ4n) is 2.03. The maximum atomic E-state index is 10.7. The van der Waals surface area contributed by atoms with Crippen molar-refractivity contribution in [2.24, 2.45) is 0 Å². The number of methoxy groups -OCH3 is 2. The number of rotatable bonds is 4. The fourth-order valence-corrected chi connectivity index (χ4v) is 3.33. The van der Waals surface area contributed by atoms with E-state index in [1.165, 1.54) is 14.2 Å². The molecule has 0 radical (unpaired) electrons. The van der Waals surface area contributed by atoms with Crippen LogP contribution in [0.2, 0.25) is 5.02 Å². The number of halogens is 3. The average Bonchev–Trinajstić information content (AvgIpc) is 2.48. The second kappa shape index (κ2) is 7.17. The normalized spacial score (nSPS) is 12.1. The van der Waals surface area contributed by atoms with Crippen molar-refractivity contribution in [2.75, 3.05) is 14.2 Å².